The lowest BCUT2D eigenvalue weighted by atomic mass is 10.1. The van der Waals surface area contributed by atoms with Gasteiger partial charge in [-0.05, 0) is 27.7 Å². The van der Waals surface area contributed by atoms with Gasteiger partial charge in [0, 0.05) is 31.6 Å². The Morgan fingerprint density at radius 1 is 1.35 bits per heavy atom. The molecule has 0 atom stereocenters. The standard InChI is InChI=1S/C15H28N6OS/c1-7-16-13(18-9-12(22)20-15(2,3)4)17-8-11-10-23-14(19-11)21(5)6/h10H,7-9H2,1-6H3,(H,20,22)(H2,16,17,18). The maximum atomic E-state index is 11.8. The molecule has 0 saturated heterocycles. The normalized spacial score (nSPS) is 12.0. The Kier molecular flexibility index (Phi) is 7.28. The maximum absolute atomic E-state index is 11.8. The molecule has 7 nitrogen and oxygen atoms in total. The monoisotopic (exact) mass is 340 g/mol. The minimum Gasteiger partial charge on any atom is -0.357 e. The average Bonchev–Trinajstić information content (AvgIpc) is 2.89. The van der Waals surface area contributed by atoms with Crippen LogP contribution in [-0.2, 0) is 11.3 Å². The third-order valence-electron chi connectivity index (χ3n) is 2.60. The van der Waals surface area contributed by atoms with E-state index < -0.39 is 0 Å². The van der Waals surface area contributed by atoms with Crippen LogP contribution in [0, 0.1) is 0 Å². The maximum Gasteiger partial charge on any atom is 0.239 e. The molecule has 0 aliphatic heterocycles. The van der Waals surface area contributed by atoms with Gasteiger partial charge in [0.1, 0.15) is 0 Å². The van der Waals surface area contributed by atoms with E-state index >= 15 is 0 Å². The first-order valence-electron chi connectivity index (χ1n) is 7.66. The summed E-state index contributed by atoms with van der Waals surface area (Å²) >= 11 is 1.59. The summed E-state index contributed by atoms with van der Waals surface area (Å²) in [6.07, 6.45) is 0. The summed E-state index contributed by atoms with van der Waals surface area (Å²) in [4.78, 5) is 22.8. The van der Waals surface area contributed by atoms with Gasteiger partial charge < -0.3 is 20.9 Å². The van der Waals surface area contributed by atoms with E-state index in [0.29, 0.717) is 12.5 Å². The van der Waals surface area contributed by atoms with Crippen LogP contribution >= 0.6 is 11.3 Å². The van der Waals surface area contributed by atoms with Gasteiger partial charge in [-0.15, -0.1) is 11.3 Å². The van der Waals surface area contributed by atoms with Crippen LogP contribution in [0.3, 0.4) is 0 Å². The zero-order valence-corrected chi connectivity index (χ0v) is 15.7. The van der Waals surface area contributed by atoms with Crippen molar-refractivity contribution in [3.63, 3.8) is 0 Å². The van der Waals surface area contributed by atoms with Crippen LogP contribution in [-0.4, -0.2) is 49.6 Å². The van der Waals surface area contributed by atoms with Crippen molar-refractivity contribution in [1.29, 1.82) is 0 Å². The molecule has 1 heterocycles. The summed E-state index contributed by atoms with van der Waals surface area (Å²) in [6, 6.07) is 0. The van der Waals surface area contributed by atoms with Gasteiger partial charge in [0.2, 0.25) is 5.91 Å². The molecule has 0 aliphatic rings. The molecular formula is C15H28N6OS. The molecule has 1 aromatic heterocycles. The summed E-state index contributed by atoms with van der Waals surface area (Å²) in [5.74, 6) is 0.544. The number of carbonyl (C=O) groups is 1. The van der Waals surface area contributed by atoms with Gasteiger partial charge in [-0.1, -0.05) is 0 Å². The highest BCUT2D eigenvalue weighted by Crippen LogP contribution is 2.18. The minimum atomic E-state index is -0.239. The molecule has 0 unspecified atom stereocenters. The second kappa shape index (κ2) is 8.71. The minimum absolute atomic E-state index is 0.0633. The predicted molar refractivity (Wildman–Crippen MR) is 97.2 cm³/mol. The highest BCUT2D eigenvalue weighted by atomic mass is 32.1. The first-order chi connectivity index (χ1) is 10.7. The summed E-state index contributed by atoms with van der Waals surface area (Å²) < 4.78 is 0. The van der Waals surface area contributed by atoms with Crippen molar-refractivity contribution in [1.82, 2.24) is 20.9 Å². The second-order valence-corrected chi connectivity index (χ2v) is 7.20. The van der Waals surface area contributed by atoms with E-state index in [4.69, 9.17) is 0 Å². The highest BCUT2D eigenvalue weighted by molar-refractivity contribution is 7.13. The predicted octanol–water partition coefficient (Wildman–Crippen LogP) is 1.18. The van der Waals surface area contributed by atoms with Crippen LogP contribution in [0.4, 0.5) is 5.13 Å². The van der Waals surface area contributed by atoms with Crippen molar-refractivity contribution in [3.8, 4) is 0 Å². The number of anilines is 1. The average molecular weight is 340 g/mol. The lowest BCUT2D eigenvalue weighted by Crippen LogP contribution is -2.48. The fraction of sp³-hybridized carbons (Fsp3) is 0.667. The first kappa shape index (κ1) is 19.2. The lowest BCUT2D eigenvalue weighted by molar-refractivity contribution is -0.121. The van der Waals surface area contributed by atoms with Crippen molar-refractivity contribution in [2.45, 2.75) is 39.8 Å². The van der Waals surface area contributed by atoms with Gasteiger partial charge in [-0.25, -0.2) is 9.98 Å². The van der Waals surface area contributed by atoms with Crippen molar-refractivity contribution in [2.24, 2.45) is 4.99 Å². The Bertz CT molecular complexity index is 532. The Balaban J connectivity index is 2.57. The second-order valence-electron chi connectivity index (χ2n) is 6.36. The third kappa shape index (κ3) is 7.83. The van der Waals surface area contributed by atoms with Crippen LogP contribution in [0.25, 0.3) is 0 Å². The molecule has 0 saturated carbocycles. The van der Waals surface area contributed by atoms with E-state index in [1.807, 2.05) is 52.1 Å². The molecule has 0 aromatic carbocycles. The Labute approximate surface area is 142 Å². The molecule has 0 fully saturated rings. The third-order valence-corrected chi connectivity index (χ3v) is 3.65. The van der Waals surface area contributed by atoms with Crippen molar-refractivity contribution in [2.75, 3.05) is 32.1 Å². The number of rotatable bonds is 6. The Hall–Kier alpha value is -1.83. The molecule has 8 heteroatoms. The Morgan fingerprint density at radius 2 is 2.04 bits per heavy atom. The van der Waals surface area contributed by atoms with Crippen molar-refractivity contribution in [3.05, 3.63) is 11.1 Å². The van der Waals surface area contributed by atoms with Crippen LogP contribution < -0.4 is 20.9 Å². The van der Waals surface area contributed by atoms with E-state index in [1.165, 1.54) is 0 Å². The number of carbonyl (C=O) groups excluding carboxylic acids is 1. The van der Waals surface area contributed by atoms with Crippen molar-refractivity contribution >= 4 is 28.3 Å². The molecule has 0 bridgehead atoms. The van der Waals surface area contributed by atoms with Gasteiger partial charge >= 0.3 is 0 Å². The van der Waals surface area contributed by atoms with E-state index in [0.717, 1.165) is 17.4 Å². The summed E-state index contributed by atoms with van der Waals surface area (Å²) in [6.45, 7) is 9.23. The molecule has 23 heavy (non-hydrogen) atoms. The van der Waals surface area contributed by atoms with Gasteiger partial charge in [0.05, 0.1) is 18.8 Å². The summed E-state index contributed by atoms with van der Waals surface area (Å²) in [5.41, 5.74) is 0.673. The highest BCUT2D eigenvalue weighted by Gasteiger charge is 2.13. The molecule has 0 radical (unpaired) electrons. The number of aromatic nitrogens is 1. The fourth-order valence-electron chi connectivity index (χ4n) is 1.70. The smallest absolute Gasteiger partial charge is 0.239 e. The van der Waals surface area contributed by atoms with E-state index in [-0.39, 0.29) is 18.0 Å². The van der Waals surface area contributed by atoms with Crippen molar-refractivity contribution < 1.29 is 4.79 Å². The number of hydrogen-bond acceptors (Lipinski definition) is 5. The number of hydrogen-bond donors (Lipinski definition) is 3. The van der Waals surface area contributed by atoms with Gasteiger partial charge in [-0.3, -0.25) is 4.79 Å². The van der Waals surface area contributed by atoms with E-state index in [2.05, 4.69) is 25.9 Å². The van der Waals surface area contributed by atoms with E-state index in [1.54, 1.807) is 11.3 Å². The SMILES string of the molecule is CCNC(=NCc1csc(N(C)C)n1)NCC(=O)NC(C)(C)C. The molecule has 130 valence electrons. The zero-order chi connectivity index (χ0) is 17.5. The molecule has 0 spiro atoms. The van der Waals surface area contributed by atoms with E-state index in [9.17, 15) is 4.79 Å². The lowest BCUT2D eigenvalue weighted by Gasteiger charge is -2.21. The van der Waals surface area contributed by atoms with Crippen LogP contribution in [0.15, 0.2) is 10.4 Å². The van der Waals surface area contributed by atoms with Crippen LogP contribution in [0.5, 0.6) is 0 Å². The Morgan fingerprint density at radius 3 is 2.57 bits per heavy atom. The molecule has 1 rings (SSSR count). The number of amides is 1. The number of nitrogens with zero attached hydrogens (tertiary/aromatic N) is 3. The largest absolute Gasteiger partial charge is 0.357 e. The van der Waals surface area contributed by atoms with Gasteiger partial charge in [-0.2, -0.15) is 0 Å². The topological polar surface area (TPSA) is 81.7 Å². The fourth-order valence-corrected chi connectivity index (χ4v) is 2.45. The quantitative estimate of drug-likeness (QED) is 0.535. The number of aliphatic imine (C=N–C) groups is 1. The van der Waals surface area contributed by atoms with Gasteiger partial charge in [0.15, 0.2) is 11.1 Å². The summed E-state index contributed by atoms with van der Waals surface area (Å²) in [7, 11) is 3.93. The number of nitrogens with one attached hydrogen (secondary N) is 3. The van der Waals surface area contributed by atoms with Gasteiger partial charge in [0.25, 0.3) is 0 Å². The van der Waals surface area contributed by atoms with Crippen LogP contribution in [0.2, 0.25) is 0 Å². The molecule has 1 aromatic rings. The molecule has 1 amide bonds. The van der Waals surface area contributed by atoms with Crippen LogP contribution in [0.1, 0.15) is 33.4 Å². The number of guanidine groups is 1. The molecular weight excluding hydrogens is 312 g/mol. The molecule has 3 N–H and O–H groups in total. The number of thiazole rings is 1. The molecule has 0 aliphatic carbocycles. The zero-order valence-electron chi connectivity index (χ0n) is 14.9. The first-order valence-corrected chi connectivity index (χ1v) is 8.54. The summed E-state index contributed by atoms with van der Waals surface area (Å²) in [5, 5.41) is 12.0.